The number of carbonyl (C=O) groups excluding carboxylic acids is 1. The van der Waals surface area contributed by atoms with Gasteiger partial charge in [-0.3, -0.25) is 8.77 Å². The number of imidazole rings is 1. The van der Waals surface area contributed by atoms with Crippen molar-refractivity contribution in [3.8, 4) is 0 Å². The maximum absolute atomic E-state index is 10.7. The molecule has 2 aromatic rings. The van der Waals surface area contributed by atoms with Crippen molar-refractivity contribution in [1.82, 2.24) is 14.3 Å². The van der Waals surface area contributed by atoms with Crippen molar-refractivity contribution in [3.05, 3.63) is 30.6 Å². The first-order valence-corrected chi connectivity index (χ1v) is 6.01. The minimum atomic E-state index is 0.0103. The van der Waals surface area contributed by atoms with Gasteiger partial charge in [-0.1, -0.05) is 12.1 Å². The predicted molar refractivity (Wildman–Crippen MR) is 66.3 cm³/mol. The Morgan fingerprint density at radius 2 is 2.31 bits per heavy atom. The lowest BCUT2D eigenvalue weighted by Gasteiger charge is -2.03. The number of fused-ring (bicyclic) bond motifs is 1. The number of amides is 1. The van der Waals surface area contributed by atoms with Gasteiger partial charge < -0.3 is 5.32 Å². The molecule has 0 aliphatic carbocycles. The van der Waals surface area contributed by atoms with Crippen LogP contribution >= 0.6 is 11.9 Å². The zero-order valence-electron chi connectivity index (χ0n) is 9.01. The molecule has 0 spiro atoms. The summed E-state index contributed by atoms with van der Waals surface area (Å²) in [7, 11) is 0. The molecule has 16 heavy (non-hydrogen) atoms. The van der Waals surface area contributed by atoms with Crippen LogP contribution in [0.5, 0.6) is 0 Å². The summed E-state index contributed by atoms with van der Waals surface area (Å²) in [6.07, 6.45) is 1.81. The van der Waals surface area contributed by atoms with Crippen LogP contribution in [-0.4, -0.2) is 27.2 Å². The van der Waals surface area contributed by atoms with Crippen LogP contribution < -0.4 is 5.32 Å². The lowest BCUT2D eigenvalue weighted by molar-refractivity contribution is -0.118. The minimum absolute atomic E-state index is 0.0103. The number of rotatable bonds is 4. The van der Waals surface area contributed by atoms with Crippen molar-refractivity contribution in [3.63, 3.8) is 0 Å². The summed E-state index contributed by atoms with van der Waals surface area (Å²) in [6.45, 7) is 2.20. The first-order chi connectivity index (χ1) is 7.77. The molecule has 1 N–H and O–H groups in total. The van der Waals surface area contributed by atoms with Crippen molar-refractivity contribution < 1.29 is 4.79 Å². The van der Waals surface area contributed by atoms with E-state index in [-0.39, 0.29) is 5.91 Å². The zero-order valence-corrected chi connectivity index (χ0v) is 9.83. The number of carbonyl (C=O) groups is 1. The fourth-order valence-electron chi connectivity index (χ4n) is 1.41. The van der Waals surface area contributed by atoms with E-state index < -0.39 is 0 Å². The van der Waals surface area contributed by atoms with E-state index in [1.807, 2.05) is 34.6 Å². The van der Waals surface area contributed by atoms with E-state index in [1.54, 1.807) is 11.9 Å². The molecule has 0 bridgehead atoms. The Kier molecular flexibility index (Phi) is 3.46. The lowest BCUT2D eigenvalue weighted by Crippen LogP contribution is -2.22. The summed E-state index contributed by atoms with van der Waals surface area (Å²) in [5.41, 5.74) is 2.10. The highest BCUT2D eigenvalue weighted by Crippen LogP contribution is 2.17. The highest BCUT2D eigenvalue weighted by molar-refractivity contribution is 7.98. The fraction of sp³-hybridized carbons (Fsp3) is 0.273. The maximum Gasteiger partial charge on any atom is 0.216 e. The Labute approximate surface area is 98.2 Å². The van der Waals surface area contributed by atoms with E-state index in [4.69, 9.17) is 0 Å². The van der Waals surface area contributed by atoms with Crippen molar-refractivity contribution in [2.24, 2.45) is 0 Å². The average molecular weight is 235 g/mol. The average Bonchev–Trinajstić information content (AvgIpc) is 2.68. The Morgan fingerprint density at radius 3 is 3.12 bits per heavy atom. The smallest absolute Gasteiger partial charge is 0.216 e. The Hall–Kier alpha value is -1.49. The van der Waals surface area contributed by atoms with Crippen LogP contribution in [0.4, 0.5) is 0 Å². The van der Waals surface area contributed by atoms with E-state index in [1.165, 1.54) is 6.92 Å². The quantitative estimate of drug-likeness (QED) is 0.820. The van der Waals surface area contributed by atoms with E-state index in [9.17, 15) is 4.79 Å². The van der Waals surface area contributed by atoms with Gasteiger partial charge in [0.1, 0.15) is 6.33 Å². The van der Waals surface area contributed by atoms with Gasteiger partial charge in [-0.15, -0.1) is 0 Å². The first-order valence-electron chi connectivity index (χ1n) is 5.07. The van der Waals surface area contributed by atoms with Crippen molar-refractivity contribution in [1.29, 1.82) is 0 Å². The van der Waals surface area contributed by atoms with Gasteiger partial charge in [-0.25, -0.2) is 4.98 Å². The number of hydrogen-bond donors (Lipinski definition) is 1. The standard InChI is InChI=1S/C11H13N3OS/c1-9(15)12-6-7-16-14-8-13-10-4-2-3-5-11(10)14/h2-5,8H,6-7H2,1H3,(H,12,15). The molecule has 0 radical (unpaired) electrons. The number of aromatic nitrogens is 2. The molecule has 5 heteroatoms. The molecule has 84 valence electrons. The highest BCUT2D eigenvalue weighted by Gasteiger charge is 2.01. The SMILES string of the molecule is CC(=O)NCCSn1cnc2ccccc21. The number of benzene rings is 1. The highest BCUT2D eigenvalue weighted by atomic mass is 32.2. The third-order valence-corrected chi connectivity index (χ3v) is 3.08. The molecule has 1 amide bonds. The van der Waals surface area contributed by atoms with Crippen molar-refractivity contribution in [2.45, 2.75) is 6.92 Å². The number of nitrogens with zero attached hydrogens (tertiary/aromatic N) is 2. The lowest BCUT2D eigenvalue weighted by atomic mass is 10.3. The summed E-state index contributed by atoms with van der Waals surface area (Å²) in [6, 6.07) is 7.99. The van der Waals surface area contributed by atoms with E-state index in [0.29, 0.717) is 6.54 Å². The van der Waals surface area contributed by atoms with Crippen LogP contribution in [0.25, 0.3) is 11.0 Å². The number of para-hydroxylation sites is 2. The van der Waals surface area contributed by atoms with Crippen LogP contribution in [0.15, 0.2) is 30.6 Å². The minimum Gasteiger partial charge on any atom is -0.355 e. The molecule has 4 nitrogen and oxygen atoms in total. The third kappa shape index (κ3) is 2.55. The van der Waals surface area contributed by atoms with Gasteiger partial charge in [0.2, 0.25) is 5.91 Å². The molecule has 0 atom stereocenters. The molecule has 0 fully saturated rings. The van der Waals surface area contributed by atoms with Crippen LogP contribution in [0, 0.1) is 0 Å². The summed E-state index contributed by atoms with van der Waals surface area (Å²) in [4.78, 5) is 15.0. The van der Waals surface area contributed by atoms with E-state index in [2.05, 4.69) is 10.3 Å². The van der Waals surface area contributed by atoms with Crippen LogP contribution in [0.1, 0.15) is 6.92 Å². The van der Waals surface area contributed by atoms with E-state index >= 15 is 0 Å². The Balaban J connectivity index is 1.97. The monoisotopic (exact) mass is 235 g/mol. The topological polar surface area (TPSA) is 46.9 Å². The second-order valence-corrected chi connectivity index (χ2v) is 4.44. The molecule has 0 saturated heterocycles. The molecule has 0 saturated carbocycles. The van der Waals surface area contributed by atoms with Gasteiger partial charge in [0, 0.05) is 19.2 Å². The van der Waals surface area contributed by atoms with Gasteiger partial charge in [0.15, 0.2) is 0 Å². The van der Waals surface area contributed by atoms with E-state index in [0.717, 1.165) is 16.8 Å². The molecular weight excluding hydrogens is 222 g/mol. The van der Waals surface area contributed by atoms with Gasteiger partial charge in [-0.05, 0) is 24.1 Å². The largest absolute Gasteiger partial charge is 0.355 e. The van der Waals surface area contributed by atoms with Gasteiger partial charge in [-0.2, -0.15) is 0 Å². The second kappa shape index (κ2) is 5.03. The molecule has 0 unspecified atom stereocenters. The molecule has 2 rings (SSSR count). The van der Waals surface area contributed by atoms with Crippen LogP contribution in [0.3, 0.4) is 0 Å². The third-order valence-electron chi connectivity index (χ3n) is 2.13. The summed E-state index contributed by atoms with van der Waals surface area (Å²) in [5, 5.41) is 2.76. The molecule has 0 aliphatic rings. The first kappa shape index (κ1) is 11.0. The molecule has 1 heterocycles. The molecule has 0 aliphatic heterocycles. The van der Waals surface area contributed by atoms with Crippen molar-refractivity contribution >= 4 is 28.9 Å². The number of hydrogen-bond acceptors (Lipinski definition) is 3. The van der Waals surface area contributed by atoms with Gasteiger partial charge in [0.05, 0.1) is 11.0 Å². The summed E-state index contributed by atoms with van der Waals surface area (Å²) in [5.74, 6) is 0.844. The van der Waals surface area contributed by atoms with Gasteiger partial charge in [0.25, 0.3) is 0 Å². The summed E-state index contributed by atoms with van der Waals surface area (Å²) < 4.78 is 2.02. The normalized spacial score (nSPS) is 10.6. The van der Waals surface area contributed by atoms with Crippen LogP contribution in [-0.2, 0) is 4.79 Å². The van der Waals surface area contributed by atoms with Crippen LogP contribution in [0.2, 0.25) is 0 Å². The van der Waals surface area contributed by atoms with Gasteiger partial charge >= 0.3 is 0 Å². The fourth-order valence-corrected chi connectivity index (χ4v) is 2.21. The summed E-state index contributed by atoms with van der Waals surface area (Å²) >= 11 is 1.64. The maximum atomic E-state index is 10.7. The molecule has 1 aromatic heterocycles. The second-order valence-electron chi connectivity index (χ2n) is 3.38. The predicted octanol–water partition coefficient (Wildman–Crippen LogP) is 1.67. The molecule has 1 aromatic carbocycles. The Bertz CT molecular complexity index is 495. The van der Waals surface area contributed by atoms with Crippen molar-refractivity contribution in [2.75, 3.05) is 12.3 Å². The Morgan fingerprint density at radius 1 is 1.50 bits per heavy atom. The zero-order chi connectivity index (χ0) is 11.4. The molecular formula is C11H13N3OS. The number of nitrogens with one attached hydrogen (secondary N) is 1.